The molecule has 2 aromatic rings. The van der Waals surface area contributed by atoms with Crippen molar-refractivity contribution in [1.82, 2.24) is 14.2 Å². The highest BCUT2D eigenvalue weighted by Crippen LogP contribution is 2.30. The maximum Gasteiger partial charge on any atom is 0.253 e. The van der Waals surface area contributed by atoms with Crippen LogP contribution >= 0.6 is 11.3 Å². The number of amides is 1. The van der Waals surface area contributed by atoms with Gasteiger partial charge in [-0.2, -0.15) is 9.57 Å². The molecule has 2 aliphatic rings. The third kappa shape index (κ3) is 3.73. The second-order valence-electron chi connectivity index (χ2n) is 7.00. The van der Waals surface area contributed by atoms with Crippen LogP contribution in [-0.2, 0) is 14.8 Å². The molecule has 2 aliphatic heterocycles. The predicted octanol–water partition coefficient (Wildman–Crippen LogP) is 1.52. The summed E-state index contributed by atoms with van der Waals surface area (Å²) in [6.45, 7) is 2.44. The molecule has 0 radical (unpaired) electrons. The normalized spacial score (nSPS) is 20.6. The van der Waals surface area contributed by atoms with E-state index in [2.05, 4.69) is 11.1 Å². The number of aromatic nitrogens is 1. The lowest BCUT2D eigenvalue weighted by atomic mass is 10.1. The van der Waals surface area contributed by atoms with Gasteiger partial charge >= 0.3 is 0 Å². The third-order valence-corrected chi connectivity index (χ3v) is 8.63. The molecule has 0 aromatic carbocycles. The minimum Gasteiger partial charge on any atom is -0.352 e. The molecular weight excluding hydrogens is 410 g/mol. The fourth-order valence-electron chi connectivity index (χ4n) is 3.89. The van der Waals surface area contributed by atoms with E-state index >= 15 is 0 Å². The summed E-state index contributed by atoms with van der Waals surface area (Å²) in [6, 6.07) is 8.25. The number of sulfonamides is 1. The van der Waals surface area contributed by atoms with E-state index < -0.39 is 16.1 Å². The zero-order valence-electron chi connectivity index (χ0n) is 15.8. The van der Waals surface area contributed by atoms with Crippen LogP contribution in [0.4, 0.5) is 5.82 Å². The van der Waals surface area contributed by atoms with Crippen LogP contribution < -0.4 is 4.90 Å². The molecule has 1 atom stereocenters. The summed E-state index contributed by atoms with van der Waals surface area (Å²) in [4.78, 5) is 21.2. The van der Waals surface area contributed by atoms with Crippen molar-refractivity contribution in [1.29, 1.82) is 5.26 Å². The number of nitrogens with zero attached hydrogens (tertiary/aromatic N) is 5. The van der Waals surface area contributed by atoms with Crippen molar-refractivity contribution in [2.24, 2.45) is 0 Å². The molecule has 0 aliphatic carbocycles. The predicted molar refractivity (Wildman–Crippen MR) is 109 cm³/mol. The number of hydrogen-bond donors (Lipinski definition) is 0. The van der Waals surface area contributed by atoms with Gasteiger partial charge in [0, 0.05) is 38.9 Å². The first-order chi connectivity index (χ1) is 14.0. The molecule has 2 saturated heterocycles. The van der Waals surface area contributed by atoms with Crippen LogP contribution in [-0.4, -0.2) is 67.3 Å². The lowest BCUT2D eigenvalue weighted by molar-refractivity contribution is -0.134. The second-order valence-corrected chi connectivity index (χ2v) is 10.1. The fraction of sp³-hybridized carbons (Fsp3) is 0.421. The molecule has 0 N–H and O–H groups in total. The van der Waals surface area contributed by atoms with Gasteiger partial charge in [0.05, 0.1) is 5.56 Å². The molecule has 0 bridgehead atoms. The number of carbonyl (C=O) groups excluding carboxylic acids is 1. The highest BCUT2D eigenvalue weighted by molar-refractivity contribution is 7.91. The van der Waals surface area contributed by atoms with Crippen LogP contribution in [0.15, 0.2) is 40.1 Å². The Kier molecular flexibility index (Phi) is 5.54. The number of thiophene rings is 1. The van der Waals surface area contributed by atoms with Crippen molar-refractivity contribution < 1.29 is 13.2 Å². The molecule has 29 heavy (non-hydrogen) atoms. The summed E-state index contributed by atoms with van der Waals surface area (Å²) in [5.41, 5.74) is 0.510. The fourth-order valence-corrected chi connectivity index (χ4v) is 6.66. The van der Waals surface area contributed by atoms with Gasteiger partial charge < -0.3 is 9.80 Å². The van der Waals surface area contributed by atoms with Gasteiger partial charge in [0.25, 0.3) is 10.0 Å². The first kappa shape index (κ1) is 19.8. The summed E-state index contributed by atoms with van der Waals surface area (Å²) in [6.07, 6.45) is 2.88. The SMILES string of the molecule is N#Cc1cccnc1N1CCN(C(=O)C2CCCN2S(=O)(=O)c2cccs2)CC1. The minimum absolute atomic E-state index is 0.135. The van der Waals surface area contributed by atoms with E-state index in [4.69, 9.17) is 0 Å². The molecule has 152 valence electrons. The average molecular weight is 432 g/mol. The Hall–Kier alpha value is -2.48. The van der Waals surface area contributed by atoms with Gasteiger partial charge in [-0.05, 0) is 36.4 Å². The van der Waals surface area contributed by atoms with Crippen molar-refractivity contribution in [3.63, 3.8) is 0 Å². The van der Waals surface area contributed by atoms with Crippen LogP contribution in [0.2, 0.25) is 0 Å². The zero-order chi connectivity index (χ0) is 20.4. The summed E-state index contributed by atoms with van der Waals surface area (Å²) in [5, 5.41) is 11.0. The average Bonchev–Trinajstić information content (AvgIpc) is 3.46. The Balaban J connectivity index is 1.45. The lowest BCUT2D eigenvalue weighted by Gasteiger charge is -2.37. The molecule has 8 nitrogen and oxygen atoms in total. The maximum atomic E-state index is 13.1. The van der Waals surface area contributed by atoms with E-state index in [0.29, 0.717) is 56.9 Å². The molecule has 10 heteroatoms. The summed E-state index contributed by atoms with van der Waals surface area (Å²) >= 11 is 1.17. The number of piperazine rings is 1. The summed E-state index contributed by atoms with van der Waals surface area (Å²) < 4.78 is 27.5. The van der Waals surface area contributed by atoms with Crippen LogP contribution in [0.25, 0.3) is 0 Å². The standard InChI is InChI=1S/C19H21N5O3S2/c20-14-15-4-1-7-21-18(15)22-9-11-23(12-10-22)19(25)16-5-2-8-24(16)29(26,27)17-6-3-13-28-17/h1,3-4,6-7,13,16H,2,5,8-12H2. The molecule has 2 aromatic heterocycles. The van der Waals surface area contributed by atoms with E-state index in [1.165, 1.54) is 15.6 Å². The van der Waals surface area contributed by atoms with Crippen LogP contribution in [0.5, 0.6) is 0 Å². The molecule has 1 amide bonds. The van der Waals surface area contributed by atoms with Crippen LogP contribution in [0.3, 0.4) is 0 Å². The molecule has 0 spiro atoms. The van der Waals surface area contributed by atoms with Gasteiger partial charge in [-0.1, -0.05) is 6.07 Å². The van der Waals surface area contributed by atoms with Crippen molar-refractivity contribution in [3.8, 4) is 6.07 Å². The van der Waals surface area contributed by atoms with Gasteiger partial charge in [0.15, 0.2) is 0 Å². The Morgan fingerprint density at radius 1 is 1.17 bits per heavy atom. The number of carbonyl (C=O) groups is 1. The van der Waals surface area contributed by atoms with E-state index in [1.807, 2.05) is 4.90 Å². The van der Waals surface area contributed by atoms with Crippen molar-refractivity contribution in [2.45, 2.75) is 23.1 Å². The highest BCUT2D eigenvalue weighted by atomic mass is 32.2. The number of nitriles is 1. The first-order valence-corrected chi connectivity index (χ1v) is 11.8. The lowest BCUT2D eigenvalue weighted by Crippen LogP contribution is -2.54. The smallest absolute Gasteiger partial charge is 0.253 e. The van der Waals surface area contributed by atoms with Crippen molar-refractivity contribution in [3.05, 3.63) is 41.4 Å². The number of pyridine rings is 1. The number of hydrogen-bond acceptors (Lipinski definition) is 7. The Morgan fingerprint density at radius 2 is 1.97 bits per heavy atom. The van der Waals surface area contributed by atoms with Gasteiger partial charge in [0.1, 0.15) is 22.1 Å². The molecule has 4 rings (SSSR count). The van der Waals surface area contributed by atoms with Crippen LogP contribution in [0.1, 0.15) is 18.4 Å². The minimum atomic E-state index is -3.64. The number of anilines is 1. The van der Waals surface area contributed by atoms with E-state index in [9.17, 15) is 18.5 Å². The topological polar surface area (TPSA) is 97.6 Å². The highest BCUT2D eigenvalue weighted by Gasteiger charge is 2.42. The van der Waals surface area contributed by atoms with Crippen molar-refractivity contribution >= 4 is 33.1 Å². The third-order valence-electron chi connectivity index (χ3n) is 5.34. The summed E-state index contributed by atoms with van der Waals surface area (Å²) in [7, 11) is -3.64. The maximum absolute atomic E-state index is 13.1. The van der Waals surface area contributed by atoms with Crippen molar-refractivity contribution in [2.75, 3.05) is 37.6 Å². The molecule has 0 saturated carbocycles. The zero-order valence-corrected chi connectivity index (χ0v) is 17.4. The summed E-state index contributed by atoms with van der Waals surface area (Å²) in [5.74, 6) is 0.494. The first-order valence-electron chi connectivity index (χ1n) is 9.46. The van der Waals surface area contributed by atoms with Gasteiger partial charge in [0.2, 0.25) is 5.91 Å². The van der Waals surface area contributed by atoms with Gasteiger partial charge in [-0.25, -0.2) is 13.4 Å². The number of rotatable bonds is 4. The quantitative estimate of drug-likeness (QED) is 0.728. The Morgan fingerprint density at radius 3 is 2.66 bits per heavy atom. The van der Waals surface area contributed by atoms with Crippen LogP contribution in [0, 0.1) is 11.3 Å². The Labute approximate surface area is 174 Å². The van der Waals surface area contributed by atoms with E-state index in [0.717, 1.165) is 0 Å². The van der Waals surface area contributed by atoms with Gasteiger partial charge in [-0.15, -0.1) is 11.3 Å². The molecule has 2 fully saturated rings. The Bertz CT molecular complexity index is 1020. The largest absolute Gasteiger partial charge is 0.352 e. The van der Waals surface area contributed by atoms with Gasteiger partial charge in [-0.3, -0.25) is 4.79 Å². The molecular formula is C19H21N5O3S2. The molecule has 1 unspecified atom stereocenters. The second kappa shape index (κ2) is 8.10. The molecule has 4 heterocycles. The monoisotopic (exact) mass is 431 g/mol. The van der Waals surface area contributed by atoms with E-state index in [1.54, 1.807) is 40.7 Å². The van der Waals surface area contributed by atoms with E-state index in [-0.39, 0.29) is 10.1 Å².